The number of aromatic nitrogens is 4. The fourth-order valence-corrected chi connectivity index (χ4v) is 4.92. The van der Waals surface area contributed by atoms with E-state index in [4.69, 9.17) is 25.4 Å². The molecule has 26 heteroatoms. The SMILES string of the molecule is Nc1nc2c(ncn2[C@@H]2O[C@H](CO)[C@@H](O)[C@H]2O)c(=O)[nH]1.O=P([O-])([O-])OP(=O)([O-])OP(=O)(O)O.[Na+].[Na+].[Na+]. The Bertz CT molecular complexity index is 1170. The van der Waals surface area contributed by atoms with Crippen molar-refractivity contribution in [1.29, 1.82) is 0 Å². The molecule has 1 unspecified atom stereocenters. The second-order valence-corrected chi connectivity index (χ2v) is 10.1. The van der Waals surface area contributed by atoms with Crippen molar-refractivity contribution < 1.29 is 156 Å². The van der Waals surface area contributed by atoms with Gasteiger partial charge in [0.1, 0.15) is 18.3 Å². The summed E-state index contributed by atoms with van der Waals surface area (Å²) in [5, 5.41) is 28.7. The van der Waals surface area contributed by atoms with E-state index in [0.717, 1.165) is 0 Å². The van der Waals surface area contributed by atoms with E-state index in [9.17, 15) is 43.4 Å². The van der Waals surface area contributed by atoms with Crippen molar-refractivity contribution in [2.45, 2.75) is 24.5 Å². The molecule has 2 aromatic rings. The monoisotopic (exact) mass is 607 g/mol. The van der Waals surface area contributed by atoms with Gasteiger partial charge in [-0.15, -0.1) is 0 Å². The van der Waals surface area contributed by atoms with E-state index in [1.807, 2.05) is 0 Å². The second-order valence-electron chi connectivity index (χ2n) is 6.05. The van der Waals surface area contributed by atoms with Gasteiger partial charge < -0.3 is 54.8 Å². The minimum atomic E-state index is -5.92. The van der Waals surface area contributed by atoms with Crippen molar-refractivity contribution in [3.63, 3.8) is 0 Å². The number of aliphatic hydroxyl groups is 3. The molecule has 0 aromatic carbocycles. The number of fused-ring (bicyclic) bond motifs is 1. The van der Waals surface area contributed by atoms with Gasteiger partial charge in [-0.2, -0.15) is 4.98 Å². The van der Waals surface area contributed by atoms with Gasteiger partial charge in [0.25, 0.3) is 13.4 Å². The molecule has 1 fully saturated rings. The Kier molecular flexibility index (Phi) is 16.9. The summed E-state index contributed by atoms with van der Waals surface area (Å²) in [6.45, 7) is -0.447. The van der Waals surface area contributed by atoms with Crippen LogP contribution in [0.2, 0.25) is 0 Å². The van der Waals surface area contributed by atoms with E-state index < -0.39 is 60.2 Å². The van der Waals surface area contributed by atoms with Crippen LogP contribution in [-0.4, -0.2) is 69.5 Å². The number of H-pyrrole nitrogens is 1. The number of hydrogen-bond acceptors (Lipinski definition) is 16. The largest absolute Gasteiger partial charge is 1.00 e. The Labute approximate surface area is 266 Å². The molecule has 2 aromatic heterocycles. The minimum Gasteiger partial charge on any atom is -0.790 e. The van der Waals surface area contributed by atoms with Gasteiger partial charge in [0.15, 0.2) is 17.4 Å². The summed E-state index contributed by atoms with van der Waals surface area (Å²) in [7, 11) is -17.2. The Morgan fingerprint density at radius 1 is 1.11 bits per heavy atom. The van der Waals surface area contributed by atoms with Crippen molar-refractivity contribution >= 4 is 40.6 Å². The summed E-state index contributed by atoms with van der Waals surface area (Å²) >= 11 is 0. The molecule has 3 rings (SSSR count). The number of imidazole rings is 1. The molecule has 3 heterocycles. The zero-order chi connectivity index (χ0) is 25.4. The van der Waals surface area contributed by atoms with Crippen LogP contribution < -0.4 is 115 Å². The van der Waals surface area contributed by atoms with Crippen LogP contribution in [0.5, 0.6) is 0 Å². The standard InChI is InChI=1S/C10H13N5O5.3Na.H5O10P3/c11-10-13-7-4(8(19)14-10)12-2-15(7)9-6(18)5(17)3(1-16)20-9;;;;1-11(2,3)9-13(7,8)10-12(4,5)6/h2-3,5-6,9,16-18H,1H2,(H3,11,13,14,19);;;;(H,7,8)(H2,1,2,3)(H2,4,5,6)/q;3*+1;/p-3/t3-,5-,6-,9-;;;;/m1..../s1. The summed E-state index contributed by atoms with van der Waals surface area (Å²) in [5.74, 6) is -0.101. The van der Waals surface area contributed by atoms with Crippen LogP contribution in [-0.2, 0) is 27.1 Å². The third kappa shape index (κ3) is 11.5. The van der Waals surface area contributed by atoms with Crippen molar-refractivity contribution in [3.8, 4) is 0 Å². The quantitative estimate of drug-likeness (QED) is 0.118. The van der Waals surface area contributed by atoms with Crippen LogP contribution in [0, 0.1) is 0 Å². The molecular weight excluding hydrogens is 592 g/mol. The van der Waals surface area contributed by atoms with Crippen molar-refractivity contribution in [2.75, 3.05) is 12.3 Å². The minimum absolute atomic E-state index is 0. The van der Waals surface area contributed by atoms with Crippen LogP contribution >= 0.6 is 23.5 Å². The number of rotatable bonds is 6. The summed E-state index contributed by atoms with van der Waals surface area (Å²) in [6, 6.07) is 0. The number of aliphatic hydroxyl groups excluding tert-OH is 3. The number of aromatic amines is 1. The number of nitrogens with zero attached hydrogens (tertiary/aromatic N) is 3. The zero-order valence-corrected chi connectivity index (χ0v) is 27.4. The van der Waals surface area contributed by atoms with Crippen molar-refractivity contribution in [1.82, 2.24) is 19.5 Å². The number of nitrogens with two attached hydrogens (primary N) is 1. The topological polar surface area (TPSA) is 339 Å². The van der Waals surface area contributed by atoms with Crippen LogP contribution in [0.1, 0.15) is 6.23 Å². The molecule has 0 saturated carbocycles. The van der Waals surface area contributed by atoms with Gasteiger partial charge in [0, 0.05) is 0 Å². The third-order valence-corrected chi connectivity index (χ3v) is 6.90. The number of ether oxygens (including phenoxy) is 1. The predicted molar refractivity (Wildman–Crippen MR) is 95.0 cm³/mol. The van der Waals surface area contributed by atoms with E-state index in [-0.39, 0.29) is 106 Å². The van der Waals surface area contributed by atoms with Gasteiger partial charge in [-0.25, -0.2) is 13.9 Å². The van der Waals surface area contributed by atoms with Crippen LogP contribution in [0.3, 0.4) is 0 Å². The average Bonchev–Trinajstić information content (AvgIpc) is 3.13. The van der Waals surface area contributed by atoms with Crippen LogP contribution in [0.15, 0.2) is 11.1 Å². The first-order valence-electron chi connectivity index (χ1n) is 8.10. The van der Waals surface area contributed by atoms with Gasteiger partial charge in [0.2, 0.25) is 5.95 Å². The van der Waals surface area contributed by atoms with Gasteiger partial charge in [-0.05, 0) is 0 Å². The third-order valence-electron chi connectivity index (χ3n) is 3.65. The maximum absolute atomic E-state index is 11.7. The zero-order valence-electron chi connectivity index (χ0n) is 18.7. The fraction of sp³-hybridized carbons (Fsp3) is 0.500. The maximum atomic E-state index is 11.7. The average molecular weight is 607 g/mol. The molecule has 5 atom stereocenters. The van der Waals surface area contributed by atoms with E-state index in [1.165, 1.54) is 10.9 Å². The number of nitrogen functional groups attached to an aromatic ring is 1. The normalized spacial score (nSPS) is 23.3. The summed E-state index contributed by atoms with van der Waals surface area (Å²) < 4.78 is 42.0. The molecule has 1 saturated heterocycles. The van der Waals surface area contributed by atoms with E-state index in [2.05, 4.69) is 23.6 Å². The van der Waals surface area contributed by atoms with Gasteiger partial charge in [0.05, 0.1) is 20.8 Å². The maximum Gasteiger partial charge on any atom is 1.00 e. The molecule has 1 aliphatic heterocycles. The number of nitrogens with one attached hydrogen (secondary N) is 1. The molecule has 0 bridgehead atoms. The van der Waals surface area contributed by atoms with Crippen LogP contribution in [0.4, 0.5) is 5.95 Å². The molecule has 0 aliphatic carbocycles. The Balaban J connectivity index is 0. The van der Waals surface area contributed by atoms with Gasteiger partial charge >= 0.3 is 96.5 Å². The van der Waals surface area contributed by atoms with Crippen LogP contribution in [0.25, 0.3) is 11.2 Å². The van der Waals surface area contributed by atoms with Crippen molar-refractivity contribution in [3.05, 3.63) is 16.7 Å². The molecule has 0 amide bonds. The van der Waals surface area contributed by atoms with E-state index in [1.54, 1.807) is 0 Å². The van der Waals surface area contributed by atoms with E-state index >= 15 is 0 Å². The smallest absolute Gasteiger partial charge is 0.790 e. The molecule has 0 radical (unpaired) electrons. The number of hydrogen-bond donors (Lipinski definition) is 7. The summed E-state index contributed by atoms with van der Waals surface area (Å²) in [4.78, 5) is 67.1. The molecular formula is C10H15N5Na3O15P3. The molecule has 20 nitrogen and oxygen atoms in total. The Hall–Kier alpha value is 1.40. The Morgan fingerprint density at radius 2 is 1.67 bits per heavy atom. The summed E-state index contributed by atoms with van der Waals surface area (Å²) in [5.41, 5.74) is 5.12. The molecule has 0 spiro atoms. The van der Waals surface area contributed by atoms with Gasteiger partial charge in [-0.3, -0.25) is 23.2 Å². The molecule has 8 N–H and O–H groups in total. The fourth-order valence-electron chi connectivity index (χ4n) is 2.51. The van der Waals surface area contributed by atoms with Gasteiger partial charge in [-0.1, -0.05) is 0 Å². The first-order valence-corrected chi connectivity index (χ1v) is 12.6. The first kappa shape index (κ1) is 39.5. The molecule has 188 valence electrons. The number of phosphoric acid groups is 3. The molecule has 36 heavy (non-hydrogen) atoms. The predicted octanol–water partition coefficient (Wildman–Crippen LogP) is -14.3. The van der Waals surface area contributed by atoms with E-state index in [0.29, 0.717) is 0 Å². The van der Waals surface area contributed by atoms with Crippen molar-refractivity contribution in [2.24, 2.45) is 0 Å². The Morgan fingerprint density at radius 3 is 2.11 bits per heavy atom. The second kappa shape index (κ2) is 15.4. The number of anilines is 1. The molecule has 1 aliphatic rings. The summed E-state index contributed by atoms with van der Waals surface area (Å²) in [6.07, 6.45) is -3.21. The first-order chi connectivity index (χ1) is 14.9.